The molecule has 102 valence electrons. The minimum Gasteiger partial charge on any atom is -0.488 e. The molecule has 0 N–H and O–H groups in total. The van der Waals surface area contributed by atoms with Gasteiger partial charge in [0.1, 0.15) is 12.4 Å². The molecule has 1 aliphatic heterocycles. The van der Waals surface area contributed by atoms with Gasteiger partial charge in [-0.05, 0) is 29.2 Å². The fourth-order valence-corrected chi connectivity index (χ4v) is 2.99. The second-order valence-electron chi connectivity index (χ2n) is 4.41. The van der Waals surface area contributed by atoms with E-state index in [0.29, 0.717) is 11.7 Å². The summed E-state index contributed by atoms with van der Waals surface area (Å²) in [5.41, 5.74) is 1.14. The minimum atomic E-state index is -0.159. The van der Waals surface area contributed by atoms with Gasteiger partial charge in [-0.1, -0.05) is 30.3 Å². The van der Waals surface area contributed by atoms with Crippen LogP contribution in [-0.2, 0) is 6.61 Å². The van der Waals surface area contributed by atoms with Gasteiger partial charge in [0.2, 0.25) is 5.11 Å². The number of nitrogens with zero attached hydrogens (tertiary/aromatic N) is 3. The maximum atomic E-state index is 5.90. The van der Waals surface area contributed by atoms with E-state index in [2.05, 4.69) is 10.2 Å². The SMILES string of the molecule is CN1C(=S)N=NC1c1sccc1OCc1ccccc1. The maximum Gasteiger partial charge on any atom is 0.217 e. The largest absolute Gasteiger partial charge is 0.488 e. The van der Waals surface area contributed by atoms with Gasteiger partial charge in [0, 0.05) is 7.05 Å². The molecule has 0 radical (unpaired) electrons. The Morgan fingerprint density at radius 1 is 1.30 bits per heavy atom. The van der Waals surface area contributed by atoms with Gasteiger partial charge in [-0.3, -0.25) is 0 Å². The number of ether oxygens (including phenoxy) is 1. The summed E-state index contributed by atoms with van der Waals surface area (Å²) in [7, 11) is 1.90. The smallest absolute Gasteiger partial charge is 0.217 e. The lowest BCUT2D eigenvalue weighted by Gasteiger charge is -2.17. The van der Waals surface area contributed by atoms with Crippen molar-refractivity contribution in [3.63, 3.8) is 0 Å². The van der Waals surface area contributed by atoms with Crippen molar-refractivity contribution in [3.05, 3.63) is 52.2 Å². The van der Waals surface area contributed by atoms with E-state index >= 15 is 0 Å². The van der Waals surface area contributed by atoms with Crippen molar-refractivity contribution in [1.29, 1.82) is 0 Å². The Labute approximate surface area is 126 Å². The molecule has 0 bridgehead atoms. The fourth-order valence-electron chi connectivity index (χ4n) is 1.94. The van der Waals surface area contributed by atoms with Gasteiger partial charge in [-0.2, -0.15) is 5.11 Å². The Kier molecular flexibility index (Phi) is 3.75. The van der Waals surface area contributed by atoms with E-state index in [1.165, 1.54) is 0 Å². The van der Waals surface area contributed by atoms with Crippen LogP contribution in [0.5, 0.6) is 5.75 Å². The van der Waals surface area contributed by atoms with Crippen molar-refractivity contribution in [3.8, 4) is 5.75 Å². The average Bonchev–Trinajstić information content (AvgIpc) is 3.06. The third-order valence-electron chi connectivity index (χ3n) is 3.05. The average molecular weight is 303 g/mol. The Morgan fingerprint density at radius 3 is 2.80 bits per heavy atom. The molecule has 1 aliphatic rings. The molecular weight excluding hydrogens is 290 g/mol. The number of azo groups is 1. The van der Waals surface area contributed by atoms with Crippen LogP contribution in [-0.4, -0.2) is 17.1 Å². The fraction of sp³-hybridized carbons (Fsp3) is 0.214. The highest BCUT2D eigenvalue weighted by molar-refractivity contribution is 7.80. The first kappa shape index (κ1) is 13.2. The van der Waals surface area contributed by atoms with Crippen LogP contribution in [0.1, 0.15) is 16.6 Å². The Hall–Kier alpha value is -1.79. The van der Waals surface area contributed by atoms with Gasteiger partial charge in [-0.15, -0.1) is 16.5 Å². The van der Waals surface area contributed by atoms with Gasteiger partial charge >= 0.3 is 0 Å². The van der Waals surface area contributed by atoms with E-state index in [4.69, 9.17) is 17.0 Å². The first-order chi connectivity index (χ1) is 9.75. The normalized spacial score (nSPS) is 17.8. The second-order valence-corrected chi connectivity index (χ2v) is 5.72. The van der Waals surface area contributed by atoms with Crippen molar-refractivity contribution in [2.24, 2.45) is 10.2 Å². The summed E-state index contributed by atoms with van der Waals surface area (Å²) >= 11 is 6.71. The molecule has 0 amide bonds. The summed E-state index contributed by atoms with van der Waals surface area (Å²) in [5, 5.41) is 10.7. The molecule has 2 aromatic rings. The van der Waals surface area contributed by atoms with Crippen LogP contribution in [0, 0.1) is 0 Å². The zero-order valence-electron chi connectivity index (χ0n) is 10.9. The standard InChI is InChI=1S/C14H13N3OS2/c1-17-13(15-16-14(17)19)12-11(7-8-20-12)18-9-10-5-3-2-4-6-10/h2-8,13H,9H2,1H3. The summed E-state index contributed by atoms with van der Waals surface area (Å²) in [6, 6.07) is 12.1. The van der Waals surface area contributed by atoms with Crippen molar-refractivity contribution >= 4 is 28.7 Å². The lowest BCUT2D eigenvalue weighted by molar-refractivity contribution is 0.296. The number of hydrogen-bond donors (Lipinski definition) is 0. The van der Waals surface area contributed by atoms with Gasteiger partial charge in [0.15, 0.2) is 6.17 Å². The molecule has 1 atom stereocenters. The zero-order chi connectivity index (χ0) is 13.9. The van der Waals surface area contributed by atoms with Gasteiger partial charge in [0.25, 0.3) is 0 Å². The number of hydrogen-bond acceptors (Lipinski definition) is 4. The molecule has 1 aromatic carbocycles. The topological polar surface area (TPSA) is 37.2 Å². The highest BCUT2D eigenvalue weighted by Crippen LogP contribution is 2.37. The van der Waals surface area contributed by atoms with E-state index in [1.807, 2.05) is 53.7 Å². The first-order valence-corrected chi connectivity index (χ1v) is 7.46. The molecule has 0 fully saturated rings. The Morgan fingerprint density at radius 2 is 2.10 bits per heavy atom. The number of thiocarbonyl (C=S) groups is 1. The van der Waals surface area contributed by atoms with Crippen LogP contribution >= 0.6 is 23.6 Å². The van der Waals surface area contributed by atoms with Gasteiger partial charge in [-0.25, -0.2) is 0 Å². The molecule has 0 saturated heterocycles. The third kappa shape index (κ3) is 2.57. The highest BCUT2D eigenvalue weighted by Gasteiger charge is 2.28. The number of thiophene rings is 1. The maximum absolute atomic E-state index is 5.90. The van der Waals surface area contributed by atoms with Crippen molar-refractivity contribution < 1.29 is 4.74 Å². The van der Waals surface area contributed by atoms with E-state index in [0.717, 1.165) is 16.2 Å². The molecule has 1 aromatic heterocycles. The molecule has 4 nitrogen and oxygen atoms in total. The van der Waals surface area contributed by atoms with Crippen LogP contribution in [0.4, 0.5) is 0 Å². The summed E-state index contributed by atoms with van der Waals surface area (Å²) in [4.78, 5) is 2.91. The van der Waals surface area contributed by atoms with E-state index in [-0.39, 0.29) is 6.17 Å². The minimum absolute atomic E-state index is 0.159. The van der Waals surface area contributed by atoms with E-state index in [1.54, 1.807) is 11.3 Å². The van der Waals surface area contributed by atoms with Crippen LogP contribution in [0.3, 0.4) is 0 Å². The van der Waals surface area contributed by atoms with Crippen molar-refractivity contribution in [1.82, 2.24) is 4.90 Å². The quantitative estimate of drug-likeness (QED) is 0.801. The summed E-state index contributed by atoms with van der Waals surface area (Å²) in [5.74, 6) is 0.847. The Balaban J connectivity index is 1.74. The molecule has 3 rings (SSSR count). The van der Waals surface area contributed by atoms with Crippen LogP contribution in [0.25, 0.3) is 0 Å². The predicted octanol–water partition coefficient (Wildman–Crippen LogP) is 4.01. The molecule has 0 aliphatic carbocycles. The summed E-state index contributed by atoms with van der Waals surface area (Å²) in [6.45, 7) is 0.544. The van der Waals surface area contributed by atoms with Crippen LogP contribution in [0.15, 0.2) is 52.0 Å². The molecule has 0 spiro atoms. The second kappa shape index (κ2) is 5.68. The van der Waals surface area contributed by atoms with Gasteiger partial charge in [0.05, 0.1) is 4.88 Å². The molecule has 1 unspecified atom stereocenters. The van der Waals surface area contributed by atoms with Crippen molar-refractivity contribution in [2.45, 2.75) is 12.8 Å². The molecule has 20 heavy (non-hydrogen) atoms. The van der Waals surface area contributed by atoms with E-state index < -0.39 is 0 Å². The zero-order valence-corrected chi connectivity index (χ0v) is 12.5. The van der Waals surface area contributed by atoms with Crippen LogP contribution < -0.4 is 4.74 Å². The van der Waals surface area contributed by atoms with Crippen molar-refractivity contribution in [2.75, 3.05) is 7.05 Å². The third-order valence-corrected chi connectivity index (χ3v) is 4.36. The molecule has 2 heterocycles. The lowest BCUT2D eigenvalue weighted by Crippen LogP contribution is -2.21. The summed E-state index contributed by atoms with van der Waals surface area (Å²) in [6.07, 6.45) is -0.159. The molecule has 6 heteroatoms. The predicted molar refractivity (Wildman–Crippen MR) is 83.1 cm³/mol. The van der Waals surface area contributed by atoms with E-state index in [9.17, 15) is 0 Å². The van der Waals surface area contributed by atoms with Crippen LogP contribution in [0.2, 0.25) is 0 Å². The highest BCUT2D eigenvalue weighted by atomic mass is 32.1. The summed E-state index contributed by atoms with van der Waals surface area (Å²) < 4.78 is 5.90. The monoisotopic (exact) mass is 303 g/mol. The van der Waals surface area contributed by atoms with Gasteiger partial charge < -0.3 is 9.64 Å². The lowest BCUT2D eigenvalue weighted by atomic mass is 10.2. The molecule has 0 saturated carbocycles. The number of rotatable bonds is 4. The first-order valence-electron chi connectivity index (χ1n) is 6.17. The molecular formula is C14H13N3OS2. The number of benzene rings is 1. The Bertz CT molecular complexity index is 639.